The maximum absolute atomic E-state index is 12.7. The summed E-state index contributed by atoms with van der Waals surface area (Å²) in [4.78, 5) is 20.7. The number of benzene rings is 1. The zero-order chi connectivity index (χ0) is 19.6. The Bertz CT molecular complexity index is 801. The van der Waals surface area contributed by atoms with Crippen molar-refractivity contribution in [2.24, 2.45) is 5.92 Å². The Balaban J connectivity index is 1.58. The molecule has 148 valence electrons. The molecule has 0 unspecified atom stereocenters. The van der Waals surface area contributed by atoms with Crippen LogP contribution in [0.2, 0.25) is 5.02 Å². The summed E-state index contributed by atoms with van der Waals surface area (Å²) in [6, 6.07) is 6.43. The molecule has 1 fully saturated rings. The number of aromatic nitrogens is 1. The summed E-state index contributed by atoms with van der Waals surface area (Å²) < 4.78 is 0. The fourth-order valence-corrected chi connectivity index (χ4v) is 4.33. The first kappa shape index (κ1) is 20.2. The Morgan fingerprint density at radius 1 is 1.33 bits per heavy atom. The largest absolute Gasteiger partial charge is 0.358 e. The lowest BCUT2D eigenvalue weighted by Crippen LogP contribution is -2.39. The molecule has 1 saturated heterocycles. The number of aryl methyl sites for hydroxylation is 1. The number of nitrogens with one attached hydrogen (secondary N) is 2. The van der Waals surface area contributed by atoms with Crippen LogP contribution in [0, 0.1) is 12.8 Å². The molecule has 1 aliphatic heterocycles. The number of carbonyl (C=O) groups excluding carboxylic acids is 1. The second kappa shape index (κ2) is 8.63. The molecule has 2 N–H and O–H groups in total. The standard InChI is InChI=1S/C21H31ClN4O/c1-14-18(19-11-16(22)6-8-20(19)24-14)9-10-23-21(27)15-5-7-17(25(2)3)13-26(4)12-15/h6,8,11,15,17,24H,5,7,9-10,12-13H2,1-4H3,(H,23,27)/t15-,17+/m1/s1. The average Bonchev–Trinajstić information content (AvgIpc) is 2.78. The molecule has 0 radical (unpaired) electrons. The van der Waals surface area contributed by atoms with Gasteiger partial charge in [-0.2, -0.15) is 0 Å². The summed E-state index contributed by atoms with van der Waals surface area (Å²) >= 11 is 6.16. The Morgan fingerprint density at radius 3 is 2.85 bits per heavy atom. The van der Waals surface area contributed by atoms with E-state index in [1.807, 2.05) is 18.2 Å². The third kappa shape index (κ3) is 4.84. The highest BCUT2D eigenvalue weighted by atomic mass is 35.5. The summed E-state index contributed by atoms with van der Waals surface area (Å²) in [5, 5.41) is 5.05. The highest BCUT2D eigenvalue weighted by molar-refractivity contribution is 6.31. The molecule has 6 heteroatoms. The summed E-state index contributed by atoms with van der Waals surface area (Å²) in [6.07, 6.45) is 2.82. The molecular formula is C21H31ClN4O. The van der Waals surface area contributed by atoms with Gasteiger partial charge < -0.3 is 20.1 Å². The number of fused-ring (bicyclic) bond motifs is 1. The summed E-state index contributed by atoms with van der Waals surface area (Å²) in [7, 11) is 6.35. The minimum absolute atomic E-state index is 0.0680. The van der Waals surface area contributed by atoms with Gasteiger partial charge in [-0.3, -0.25) is 4.79 Å². The van der Waals surface area contributed by atoms with E-state index in [4.69, 9.17) is 11.6 Å². The molecule has 1 aromatic heterocycles. The molecule has 1 amide bonds. The molecule has 3 rings (SSSR count). The molecule has 27 heavy (non-hydrogen) atoms. The fourth-order valence-electron chi connectivity index (χ4n) is 4.15. The Kier molecular flexibility index (Phi) is 6.45. The van der Waals surface area contributed by atoms with E-state index in [0.29, 0.717) is 12.6 Å². The zero-order valence-electron chi connectivity index (χ0n) is 16.8. The SMILES string of the molecule is Cc1[nH]c2ccc(Cl)cc2c1CCNC(=O)[C@@H]1CC[C@H](N(C)C)CN(C)C1. The van der Waals surface area contributed by atoms with Gasteiger partial charge in [0.15, 0.2) is 0 Å². The second-order valence-electron chi connectivity index (χ2n) is 8.07. The number of amides is 1. The van der Waals surface area contributed by atoms with E-state index >= 15 is 0 Å². The van der Waals surface area contributed by atoms with E-state index in [2.05, 4.69) is 48.2 Å². The lowest BCUT2D eigenvalue weighted by atomic mass is 10.0. The molecule has 0 bridgehead atoms. The first-order valence-electron chi connectivity index (χ1n) is 9.74. The van der Waals surface area contributed by atoms with Crippen molar-refractivity contribution >= 4 is 28.4 Å². The lowest BCUT2D eigenvalue weighted by Gasteiger charge is -2.25. The van der Waals surface area contributed by atoms with Crippen LogP contribution < -0.4 is 5.32 Å². The van der Waals surface area contributed by atoms with Crippen molar-refractivity contribution in [2.45, 2.75) is 32.2 Å². The Labute approximate surface area is 167 Å². The first-order chi connectivity index (χ1) is 12.8. The van der Waals surface area contributed by atoms with Crippen LogP contribution in [0.4, 0.5) is 0 Å². The van der Waals surface area contributed by atoms with Gasteiger partial charge >= 0.3 is 0 Å². The minimum Gasteiger partial charge on any atom is -0.358 e. The molecule has 2 heterocycles. The van der Waals surface area contributed by atoms with E-state index < -0.39 is 0 Å². The minimum atomic E-state index is 0.0680. The third-order valence-corrected chi connectivity index (χ3v) is 5.99. The number of H-pyrrole nitrogens is 1. The van der Waals surface area contributed by atoms with Crippen LogP contribution in [0.1, 0.15) is 24.1 Å². The number of likely N-dealkylation sites (N-methyl/N-ethyl adjacent to an activating group) is 2. The van der Waals surface area contributed by atoms with Crippen LogP contribution in [0.15, 0.2) is 18.2 Å². The van der Waals surface area contributed by atoms with Gasteiger partial charge in [0.2, 0.25) is 5.91 Å². The molecular weight excluding hydrogens is 360 g/mol. The van der Waals surface area contributed by atoms with E-state index in [1.54, 1.807) is 0 Å². The summed E-state index contributed by atoms with van der Waals surface area (Å²) in [5.41, 5.74) is 3.47. The number of aromatic amines is 1. The lowest BCUT2D eigenvalue weighted by molar-refractivity contribution is -0.125. The maximum atomic E-state index is 12.7. The van der Waals surface area contributed by atoms with E-state index in [1.165, 1.54) is 5.56 Å². The highest BCUT2D eigenvalue weighted by Crippen LogP contribution is 2.25. The molecule has 0 saturated carbocycles. The Morgan fingerprint density at radius 2 is 2.11 bits per heavy atom. The molecule has 5 nitrogen and oxygen atoms in total. The fraction of sp³-hybridized carbons (Fsp3) is 0.571. The first-order valence-corrected chi connectivity index (χ1v) is 10.1. The average molecular weight is 391 g/mol. The Hall–Kier alpha value is -1.56. The molecule has 2 atom stereocenters. The van der Waals surface area contributed by atoms with E-state index in [0.717, 1.165) is 54.0 Å². The van der Waals surface area contributed by atoms with Crippen LogP contribution in [-0.4, -0.2) is 67.5 Å². The predicted octanol–water partition coefficient (Wildman–Crippen LogP) is 3.06. The quantitative estimate of drug-likeness (QED) is 0.824. The normalized spacial score (nSPS) is 21.6. The van der Waals surface area contributed by atoms with Crippen molar-refractivity contribution in [3.63, 3.8) is 0 Å². The summed E-state index contributed by atoms with van der Waals surface area (Å²) in [6.45, 7) is 4.58. The number of rotatable bonds is 5. The van der Waals surface area contributed by atoms with Gasteiger partial charge in [0.05, 0.1) is 5.92 Å². The van der Waals surface area contributed by atoms with Crippen LogP contribution in [0.3, 0.4) is 0 Å². The van der Waals surface area contributed by atoms with E-state index in [9.17, 15) is 4.79 Å². The summed E-state index contributed by atoms with van der Waals surface area (Å²) in [5.74, 6) is 0.246. The number of hydrogen-bond acceptors (Lipinski definition) is 3. The van der Waals surface area contributed by atoms with Crippen LogP contribution in [-0.2, 0) is 11.2 Å². The van der Waals surface area contributed by atoms with Crippen molar-refractivity contribution in [1.29, 1.82) is 0 Å². The third-order valence-electron chi connectivity index (χ3n) is 5.76. The van der Waals surface area contributed by atoms with Crippen molar-refractivity contribution in [3.8, 4) is 0 Å². The number of hydrogen-bond donors (Lipinski definition) is 2. The van der Waals surface area contributed by atoms with Gasteiger partial charge in [0.25, 0.3) is 0 Å². The molecule has 1 aromatic carbocycles. The van der Waals surface area contributed by atoms with Crippen LogP contribution in [0.25, 0.3) is 10.9 Å². The highest BCUT2D eigenvalue weighted by Gasteiger charge is 2.27. The number of carbonyl (C=O) groups is 1. The molecule has 0 aliphatic carbocycles. The monoisotopic (exact) mass is 390 g/mol. The van der Waals surface area contributed by atoms with Crippen LogP contribution in [0.5, 0.6) is 0 Å². The second-order valence-corrected chi connectivity index (χ2v) is 8.51. The van der Waals surface area contributed by atoms with Gasteiger partial charge in [-0.05, 0) is 71.1 Å². The molecule has 0 spiro atoms. The van der Waals surface area contributed by atoms with Gasteiger partial charge in [0.1, 0.15) is 0 Å². The van der Waals surface area contributed by atoms with Crippen LogP contribution >= 0.6 is 11.6 Å². The van der Waals surface area contributed by atoms with Gasteiger partial charge in [0, 0.05) is 47.3 Å². The smallest absolute Gasteiger partial charge is 0.224 e. The zero-order valence-corrected chi connectivity index (χ0v) is 17.6. The van der Waals surface area contributed by atoms with Crippen molar-refractivity contribution in [3.05, 3.63) is 34.5 Å². The number of halogens is 1. The van der Waals surface area contributed by atoms with Crippen molar-refractivity contribution in [1.82, 2.24) is 20.1 Å². The predicted molar refractivity (Wildman–Crippen MR) is 112 cm³/mol. The number of likely N-dealkylation sites (tertiary alicyclic amines) is 1. The van der Waals surface area contributed by atoms with Gasteiger partial charge in [-0.1, -0.05) is 11.6 Å². The van der Waals surface area contributed by atoms with Gasteiger partial charge in [-0.15, -0.1) is 0 Å². The molecule has 1 aliphatic rings. The van der Waals surface area contributed by atoms with Crippen molar-refractivity contribution in [2.75, 3.05) is 40.8 Å². The topological polar surface area (TPSA) is 51.4 Å². The van der Waals surface area contributed by atoms with Gasteiger partial charge in [-0.25, -0.2) is 0 Å². The van der Waals surface area contributed by atoms with E-state index in [-0.39, 0.29) is 11.8 Å². The van der Waals surface area contributed by atoms with Crippen molar-refractivity contribution < 1.29 is 4.79 Å². The molecule has 2 aromatic rings. The maximum Gasteiger partial charge on any atom is 0.224 e. The number of nitrogens with zero attached hydrogens (tertiary/aromatic N) is 2.